The lowest BCUT2D eigenvalue weighted by Gasteiger charge is -2.35. The second-order valence-corrected chi connectivity index (χ2v) is 13.5. The molecule has 218 valence electrons. The molecule has 1 N–H and O–H groups in total. The van der Waals surface area contributed by atoms with Crippen LogP contribution in [-0.2, 0) is 14.8 Å². The van der Waals surface area contributed by atoms with Gasteiger partial charge in [-0.1, -0.05) is 53.0 Å². The van der Waals surface area contributed by atoms with Gasteiger partial charge in [0.1, 0.15) is 10.5 Å². The summed E-state index contributed by atoms with van der Waals surface area (Å²) in [7, 11) is -4.15. The number of ether oxygens (including phenoxy) is 1. The topological polar surface area (TPSA) is 96.0 Å². The molecule has 4 rings (SSSR count). The second kappa shape index (κ2) is 12.1. The summed E-state index contributed by atoms with van der Waals surface area (Å²) in [5.41, 5.74) is 0.857. The van der Waals surface area contributed by atoms with Crippen LogP contribution in [0, 0.1) is 0 Å². The summed E-state index contributed by atoms with van der Waals surface area (Å²) in [5, 5.41) is 3.18. The molecule has 0 aliphatic carbocycles. The predicted octanol–water partition coefficient (Wildman–Crippen LogP) is 7.48. The lowest BCUT2D eigenvalue weighted by molar-refractivity contribution is 0.0500. The van der Waals surface area contributed by atoms with Gasteiger partial charge in [-0.2, -0.15) is 0 Å². The standard InChI is InChI=1S/C29H30Cl3N3O5S/c1-5-35(19-9-7-6-8-10-19)41(38,39)26-16-20(22(31)17-23(26)32)27(36)34-14-13-24(33-28(37)40-29(2,3)4)21-15-18(30)11-12-25(21)34/h6-12,15-17,24H,5,13-14H2,1-4H3,(H,33,37). The van der Waals surface area contributed by atoms with Gasteiger partial charge in [-0.15, -0.1) is 0 Å². The molecular weight excluding hydrogens is 609 g/mol. The number of alkyl carbamates (subject to hydrolysis) is 1. The van der Waals surface area contributed by atoms with Gasteiger partial charge in [0.15, 0.2) is 0 Å². The van der Waals surface area contributed by atoms with E-state index in [2.05, 4.69) is 5.32 Å². The Bertz CT molecular complexity index is 1580. The van der Waals surface area contributed by atoms with Crippen molar-refractivity contribution in [3.8, 4) is 0 Å². The first kappa shape index (κ1) is 31.0. The number of anilines is 2. The van der Waals surface area contributed by atoms with Crippen LogP contribution >= 0.6 is 34.8 Å². The molecule has 1 heterocycles. The van der Waals surface area contributed by atoms with Gasteiger partial charge in [0.05, 0.1) is 27.3 Å². The molecule has 0 fully saturated rings. The van der Waals surface area contributed by atoms with Gasteiger partial charge in [-0.3, -0.25) is 9.10 Å². The van der Waals surface area contributed by atoms with Gasteiger partial charge in [0.25, 0.3) is 15.9 Å². The molecule has 0 spiro atoms. The van der Waals surface area contributed by atoms with Crippen LogP contribution in [0.1, 0.15) is 56.1 Å². The second-order valence-electron chi connectivity index (χ2n) is 10.4. The van der Waals surface area contributed by atoms with Crippen molar-refractivity contribution in [1.82, 2.24) is 5.32 Å². The normalized spacial score (nSPS) is 15.2. The maximum atomic E-state index is 13.9. The summed E-state index contributed by atoms with van der Waals surface area (Å²) in [6, 6.07) is 15.6. The minimum atomic E-state index is -4.15. The smallest absolute Gasteiger partial charge is 0.408 e. The molecule has 1 aliphatic heterocycles. The van der Waals surface area contributed by atoms with E-state index in [4.69, 9.17) is 39.5 Å². The van der Waals surface area contributed by atoms with E-state index >= 15 is 0 Å². The Morgan fingerprint density at radius 1 is 1.02 bits per heavy atom. The highest BCUT2D eigenvalue weighted by Gasteiger charge is 2.34. The van der Waals surface area contributed by atoms with Gasteiger partial charge in [-0.25, -0.2) is 13.2 Å². The van der Waals surface area contributed by atoms with Crippen LogP contribution in [0.15, 0.2) is 65.6 Å². The maximum absolute atomic E-state index is 13.9. The van der Waals surface area contributed by atoms with Crippen LogP contribution in [0.25, 0.3) is 0 Å². The first-order chi connectivity index (χ1) is 19.2. The third kappa shape index (κ3) is 6.75. The molecule has 0 radical (unpaired) electrons. The van der Waals surface area contributed by atoms with Crippen molar-refractivity contribution in [2.24, 2.45) is 0 Å². The highest BCUT2D eigenvalue weighted by Crippen LogP contribution is 2.39. The number of carbonyl (C=O) groups excluding carboxylic acids is 2. The van der Waals surface area contributed by atoms with E-state index in [0.29, 0.717) is 28.4 Å². The molecule has 0 saturated carbocycles. The average Bonchev–Trinajstić information content (AvgIpc) is 2.88. The Hall–Kier alpha value is -2.98. The number of para-hydroxylation sites is 1. The van der Waals surface area contributed by atoms with Gasteiger partial charge < -0.3 is 15.0 Å². The Labute approximate surface area is 255 Å². The van der Waals surface area contributed by atoms with Gasteiger partial charge in [-0.05, 0) is 82.1 Å². The van der Waals surface area contributed by atoms with E-state index in [0.717, 1.165) is 0 Å². The third-order valence-corrected chi connectivity index (χ3v) is 9.30. The fourth-order valence-electron chi connectivity index (χ4n) is 4.64. The SMILES string of the molecule is CCN(c1ccccc1)S(=O)(=O)c1cc(C(=O)N2CCC(NC(=O)OC(C)(C)C)c3cc(Cl)ccc32)c(Cl)cc1Cl. The molecule has 8 nitrogen and oxygen atoms in total. The minimum absolute atomic E-state index is 0.00577. The van der Waals surface area contributed by atoms with E-state index in [-0.39, 0.29) is 33.6 Å². The van der Waals surface area contributed by atoms with E-state index in [1.807, 2.05) is 0 Å². The van der Waals surface area contributed by atoms with Gasteiger partial charge >= 0.3 is 6.09 Å². The summed E-state index contributed by atoms with van der Waals surface area (Å²) < 4.78 is 34.1. The van der Waals surface area contributed by atoms with Crippen LogP contribution in [0.2, 0.25) is 15.1 Å². The number of hydrogen-bond donors (Lipinski definition) is 1. The Morgan fingerprint density at radius 3 is 2.34 bits per heavy atom. The van der Waals surface area contributed by atoms with Crippen LogP contribution in [0.5, 0.6) is 0 Å². The van der Waals surface area contributed by atoms with Crippen molar-refractivity contribution in [2.45, 2.75) is 50.7 Å². The molecule has 41 heavy (non-hydrogen) atoms. The molecule has 3 aromatic carbocycles. The van der Waals surface area contributed by atoms with Crippen LogP contribution in [0.3, 0.4) is 0 Å². The number of sulfonamides is 1. The summed E-state index contributed by atoms with van der Waals surface area (Å²) in [5.74, 6) is -0.523. The largest absolute Gasteiger partial charge is 0.444 e. The predicted molar refractivity (Wildman–Crippen MR) is 163 cm³/mol. The summed E-state index contributed by atoms with van der Waals surface area (Å²) in [6.45, 7) is 7.35. The quantitative estimate of drug-likeness (QED) is 0.302. The van der Waals surface area contributed by atoms with E-state index in [1.165, 1.54) is 21.3 Å². The van der Waals surface area contributed by atoms with Crippen molar-refractivity contribution in [3.63, 3.8) is 0 Å². The molecule has 0 bridgehead atoms. The Balaban J connectivity index is 1.71. The molecule has 1 aliphatic rings. The lowest BCUT2D eigenvalue weighted by Crippen LogP contribution is -2.42. The third-order valence-electron chi connectivity index (χ3n) is 6.38. The molecular formula is C29H30Cl3N3O5S. The van der Waals surface area contributed by atoms with E-state index in [1.54, 1.807) is 76.2 Å². The van der Waals surface area contributed by atoms with Gasteiger partial charge in [0.2, 0.25) is 0 Å². The number of rotatable bonds is 6. The maximum Gasteiger partial charge on any atom is 0.408 e. The first-order valence-electron chi connectivity index (χ1n) is 12.9. The molecule has 1 unspecified atom stereocenters. The molecule has 1 atom stereocenters. The average molecular weight is 639 g/mol. The fraction of sp³-hybridized carbons (Fsp3) is 0.310. The van der Waals surface area contributed by atoms with E-state index < -0.39 is 33.7 Å². The number of nitrogens with zero attached hydrogens (tertiary/aromatic N) is 2. The highest BCUT2D eigenvalue weighted by molar-refractivity contribution is 7.93. The first-order valence-corrected chi connectivity index (χ1v) is 15.5. The van der Waals surface area contributed by atoms with Gasteiger partial charge in [0, 0.05) is 23.8 Å². The monoisotopic (exact) mass is 637 g/mol. The zero-order valence-electron chi connectivity index (χ0n) is 22.9. The molecule has 0 saturated heterocycles. The van der Waals surface area contributed by atoms with Crippen LogP contribution in [0.4, 0.5) is 16.2 Å². The molecule has 0 aromatic heterocycles. The zero-order chi connectivity index (χ0) is 30.1. The lowest BCUT2D eigenvalue weighted by atomic mass is 9.95. The summed E-state index contributed by atoms with van der Waals surface area (Å²) in [4.78, 5) is 27.7. The summed E-state index contributed by atoms with van der Waals surface area (Å²) >= 11 is 19.1. The molecule has 2 amide bonds. The Morgan fingerprint density at radius 2 is 1.71 bits per heavy atom. The van der Waals surface area contributed by atoms with Crippen molar-refractivity contribution < 1.29 is 22.7 Å². The van der Waals surface area contributed by atoms with Crippen LogP contribution < -0.4 is 14.5 Å². The van der Waals surface area contributed by atoms with Crippen LogP contribution in [-0.4, -0.2) is 39.1 Å². The van der Waals surface area contributed by atoms with Crippen molar-refractivity contribution in [1.29, 1.82) is 0 Å². The van der Waals surface area contributed by atoms with Crippen molar-refractivity contribution in [2.75, 3.05) is 22.3 Å². The number of carbonyl (C=O) groups is 2. The molecule has 12 heteroatoms. The zero-order valence-corrected chi connectivity index (χ0v) is 26.0. The number of nitrogens with one attached hydrogen (secondary N) is 1. The number of fused-ring (bicyclic) bond motifs is 1. The minimum Gasteiger partial charge on any atom is -0.444 e. The number of halogens is 3. The summed E-state index contributed by atoms with van der Waals surface area (Å²) in [6.07, 6.45) is -0.241. The molecule has 3 aromatic rings. The number of amides is 2. The Kier molecular flexibility index (Phi) is 9.13. The van der Waals surface area contributed by atoms with E-state index in [9.17, 15) is 18.0 Å². The number of benzene rings is 3. The van der Waals surface area contributed by atoms with Crippen molar-refractivity contribution >= 4 is 68.2 Å². The number of hydrogen-bond acceptors (Lipinski definition) is 5. The van der Waals surface area contributed by atoms with Crippen molar-refractivity contribution in [3.05, 3.63) is 86.9 Å². The fourth-order valence-corrected chi connectivity index (χ4v) is 7.12. The highest BCUT2D eigenvalue weighted by atomic mass is 35.5.